The third-order valence-corrected chi connectivity index (χ3v) is 18.3. The number of carbonyl (C=O) groups excluding carboxylic acids is 4. The molecule has 0 bridgehead atoms. The number of aliphatic hydroxyl groups is 1. The highest BCUT2D eigenvalue weighted by molar-refractivity contribution is 7.47. The van der Waals surface area contributed by atoms with Crippen molar-refractivity contribution in [2.24, 2.45) is 0 Å². The van der Waals surface area contributed by atoms with Gasteiger partial charge in [-0.3, -0.25) is 37.3 Å². The summed E-state index contributed by atoms with van der Waals surface area (Å²) in [6, 6.07) is 0. The lowest BCUT2D eigenvalue weighted by Gasteiger charge is -2.21. The van der Waals surface area contributed by atoms with Crippen molar-refractivity contribution in [1.82, 2.24) is 0 Å². The van der Waals surface area contributed by atoms with Crippen molar-refractivity contribution >= 4 is 39.5 Å². The summed E-state index contributed by atoms with van der Waals surface area (Å²) in [6.07, 6.45) is 96.3. The topological polar surface area (TPSA) is 237 Å². The number of esters is 4. The summed E-state index contributed by atoms with van der Waals surface area (Å²) >= 11 is 0. The molecule has 0 aliphatic heterocycles. The Hall–Kier alpha value is -5.84. The minimum Gasteiger partial charge on any atom is -0.462 e. The van der Waals surface area contributed by atoms with Crippen LogP contribution in [0.5, 0.6) is 0 Å². The van der Waals surface area contributed by atoms with Gasteiger partial charge in [0.2, 0.25) is 0 Å². The number of carbonyl (C=O) groups is 4. The number of phosphoric ester groups is 2. The highest BCUT2D eigenvalue weighted by Crippen LogP contribution is 2.45. The molecule has 612 valence electrons. The largest absolute Gasteiger partial charge is 0.472 e. The number of ether oxygens (including phenoxy) is 4. The van der Waals surface area contributed by atoms with Crippen LogP contribution in [0.4, 0.5) is 0 Å². The average Bonchev–Trinajstić information content (AvgIpc) is 0.923. The molecule has 0 aromatic carbocycles. The lowest BCUT2D eigenvalue weighted by Crippen LogP contribution is -2.30. The summed E-state index contributed by atoms with van der Waals surface area (Å²) in [5.41, 5.74) is 0. The lowest BCUT2D eigenvalue weighted by molar-refractivity contribution is -0.161. The van der Waals surface area contributed by atoms with E-state index in [1.807, 2.05) is 30.4 Å². The number of hydrogen-bond acceptors (Lipinski definition) is 15. The molecule has 0 saturated carbocycles. The molecule has 0 spiro atoms. The normalized spacial score (nSPS) is 14.8. The number of allylic oxidation sites excluding steroid dienone is 29. The van der Waals surface area contributed by atoms with Gasteiger partial charge in [0.15, 0.2) is 12.2 Å². The second-order valence-electron chi connectivity index (χ2n) is 26.6. The van der Waals surface area contributed by atoms with Gasteiger partial charge in [0.05, 0.1) is 32.8 Å². The molecule has 0 aliphatic carbocycles. The molecule has 0 rings (SSSR count). The van der Waals surface area contributed by atoms with Crippen LogP contribution in [-0.2, 0) is 65.4 Å². The van der Waals surface area contributed by atoms with Crippen molar-refractivity contribution in [3.8, 4) is 0 Å². The summed E-state index contributed by atoms with van der Waals surface area (Å²) < 4.78 is 68.4. The Balaban J connectivity index is 5.52. The van der Waals surface area contributed by atoms with Gasteiger partial charge in [0, 0.05) is 19.3 Å². The number of aliphatic hydroxyl groups excluding tert-OH is 1. The van der Waals surface area contributed by atoms with E-state index >= 15 is 0 Å². The van der Waals surface area contributed by atoms with E-state index in [2.05, 4.69) is 167 Å². The van der Waals surface area contributed by atoms with Crippen LogP contribution in [0.15, 0.2) is 182 Å². The maximum atomic E-state index is 13.1. The first kappa shape index (κ1) is 102. The SMILES string of the molecule is CC/C=C\C/C=C\C/C=C\C/C=C\C/C=C\C/C=C\CCC(=O)OCC(COP(=O)(O)OCC(O)COP(=O)(O)OCC(COC(=O)CCCCCCCC/C=C\C/C=C\C/C=C\CCCCC)OC(=O)C/C=C\C/C=C\C/C=C\C/C=C\C/C=C\CC)OC(=O)CCCCCCC/C=C\CCCCCCCC. The highest BCUT2D eigenvalue weighted by atomic mass is 31.2. The minimum atomic E-state index is -5.02. The van der Waals surface area contributed by atoms with Crippen molar-refractivity contribution in [3.63, 3.8) is 0 Å². The van der Waals surface area contributed by atoms with Crippen molar-refractivity contribution in [2.75, 3.05) is 39.6 Å². The molecule has 0 amide bonds. The van der Waals surface area contributed by atoms with Crippen LogP contribution < -0.4 is 0 Å². The third-order valence-electron chi connectivity index (χ3n) is 16.4. The molecule has 0 aromatic heterocycles. The fourth-order valence-electron chi connectivity index (χ4n) is 10.2. The first-order chi connectivity index (χ1) is 52.7. The zero-order chi connectivity index (χ0) is 78.9. The Morgan fingerprint density at radius 1 is 0.278 bits per heavy atom. The number of phosphoric acid groups is 2. The van der Waals surface area contributed by atoms with E-state index in [0.717, 1.165) is 154 Å². The average molecular weight is 1550 g/mol. The molecule has 0 aliphatic rings. The molecule has 5 atom stereocenters. The van der Waals surface area contributed by atoms with Gasteiger partial charge < -0.3 is 33.8 Å². The standard InChI is InChI=1S/C89H144O17P2/c1-5-9-13-17-21-25-29-33-37-39-41-43-47-49-53-57-61-65-69-73-86(91)99-79-84(105-88(93)75-71-67-63-59-55-51-45-35-31-27-23-19-15-11-7-3)81-103-107(95,96)101-77-83(90)78-102-108(97,98)104-82-85(106-89(94)76-72-68-64-60-56-52-46-36-32-28-24-20-16-12-8-4)80-100-87(92)74-70-66-62-58-54-50-48-44-42-40-38-34-30-26-22-18-14-10-6-2/h9,12-13,16,21-22,24-26,28,33-38,41-46,49,53,56,60-61,65,68,72,83-85,90H,5-8,10-11,14-15,17-20,23,27,29-32,39-40,47-48,50-52,54-55,57-59,62-64,66-67,69-71,73-82H2,1-4H3,(H,95,96)(H,97,98)/b13-9-,16-12-,25-21-,26-22-,28-24-,37-33-,38-34-,43-41-,44-42-,45-35-,46-36-,53-49-,60-56-,65-61-,72-68-. The minimum absolute atomic E-state index is 0.0264. The predicted molar refractivity (Wildman–Crippen MR) is 445 cm³/mol. The van der Waals surface area contributed by atoms with Gasteiger partial charge in [-0.2, -0.15) is 0 Å². The van der Waals surface area contributed by atoms with E-state index in [1.54, 1.807) is 12.2 Å². The molecule has 3 N–H and O–H groups in total. The van der Waals surface area contributed by atoms with Gasteiger partial charge in [-0.15, -0.1) is 0 Å². The van der Waals surface area contributed by atoms with Crippen molar-refractivity contribution in [3.05, 3.63) is 182 Å². The summed E-state index contributed by atoms with van der Waals surface area (Å²) in [5.74, 6) is -2.46. The molecule has 108 heavy (non-hydrogen) atoms. The fraction of sp³-hybridized carbons (Fsp3) is 0.618. The fourth-order valence-corrected chi connectivity index (χ4v) is 11.8. The lowest BCUT2D eigenvalue weighted by atomic mass is 10.1. The van der Waals surface area contributed by atoms with E-state index in [1.165, 1.54) is 57.8 Å². The number of rotatable bonds is 75. The second-order valence-corrected chi connectivity index (χ2v) is 29.5. The van der Waals surface area contributed by atoms with E-state index in [4.69, 9.17) is 37.0 Å². The van der Waals surface area contributed by atoms with Crippen molar-refractivity contribution in [2.45, 2.75) is 316 Å². The van der Waals surface area contributed by atoms with Crippen LogP contribution in [0, 0.1) is 0 Å². The summed E-state index contributed by atoms with van der Waals surface area (Å²) in [6.45, 7) is 4.38. The molecule has 5 unspecified atom stereocenters. The van der Waals surface area contributed by atoms with Gasteiger partial charge in [0.25, 0.3) is 0 Å². The Labute approximate surface area is 654 Å². The van der Waals surface area contributed by atoms with Gasteiger partial charge >= 0.3 is 39.5 Å². The van der Waals surface area contributed by atoms with Crippen LogP contribution in [0.1, 0.15) is 297 Å². The number of hydrogen-bond donors (Lipinski definition) is 3. The Morgan fingerprint density at radius 2 is 0.537 bits per heavy atom. The molecule has 0 fully saturated rings. The van der Waals surface area contributed by atoms with Crippen molar-refractivity contribution in [1.29, 1.82) is 0 Å². The first-order valence-corrected chi connectivity index (χ1v) is 44.0. The third kappa shape index (κ3) is 78.3. The zero-order valence-electron chi connectivity index (χ0n) is 66.9. The van der Waals surface area contributed by atoms with Crippen LogP contribution in [0.3, 0.4) is 0 Å². The molecular weight excluding hydrogens is 1400 g/mol. The molecular formula is C89H144O17P2. The molecule has 17 nitrogen and oxygen atoms in total. The Bertz CT molecular complexity index is 2760. The second kappa shape index (κ2) is 79.3. The summed E-state index contributed by atoms with van der Waals surface area (Å²) in [7, 11) is -10.0. The monoisotopic (exact) mass is 1550 g/mol. The maximum Gasteiger partial charge on any atom is 0.472 e. The molecule has 0 saturated heterocycles. The van der Waals surface area contributed by atoms with Gasteiger partial charge in [-0.05, 0) is 154 Å². The molecule has 0 heterocycles. The van der Waals surface area contributed by atoms with Gasteiger partial charge in [0.1, 0.15) is 19.3 Å². The maximum absolute atomic E-state index is 13.1. The van der Waals surface area contributed by atoms with Gasteiger partial charge in [-0.1, -0.05) is 300 Å². The van der Waals surface area contributed by atoms with E-state index in [0.29, 0.717) is 32.1 Å². The van der Waals surface area contributed by atoms with Crippen molar-refractivity contribution < 1.29 is 80.2 Å². The molecule has 19 heteroatoms. The summed E-state index contributed by atoms with van der Waals surface area (Å²) in [5, 5.41) is 10.6. The Morgan fingerprint density at radius 3 is 0.907 bits per heavy atom. The highest BCUT2D eigenvalue weighted by Gasteiger charge is 2.30. The quantitative estimate of drug-likeness (QED) is 0.0169. The van der Waals surface area contributed by atoms with Crippen LogP contribution in [-0.4, -0.2) is 96.7 Å². The number of unbranched alkanes of at least 4 members (excludes halogenated alkanes) is 20. The van der Waals surface area contributed by atoms with E-state index < -0.39 is 97.5 Å². The van der Waals surface area contributed by atoms with Gasteiger partial charge in [-0.25, -0.2) is 9.13 Å². The van der Waals surface area contributed by atoms with E-state index in [-0.39, 0.29) is 25.7 Å². The Kier molecular flexibility index (Phi) is 75.0. The predicted octanol–water partition coefficient (Wildman–Crippen LogP) is 24.3. The summed E-state index contributed by atoms with van der Waals surface area (Å²) in [4.78, 5) is 73.0. The molecule has 0 aromatic rings. The van der Waals surface area contributed by atoms with Crippen LogP contribution >= 0.6 is 15.6 Å². The van der Waals surface area contributed by atoms with Crippen LogP contribution in [0.2, 0.25) is 0 Å². The van der Waals surface area contributed by atoms with Crippen LogP contribution in [0.25, 0.3) is 0 Å². The molecule has 0 radical (unpaired) electrons. The smallest absolute Gasteiger partial charge is 0.462 e. The van der Waals surface area contributed by atoms with E-state index in [9.17, 15) is 43.2 Å². The zero-order valence-corrected chi connectivity index (χ0v) is 68.7. The first-order valence-electron chi connectivity index (χ1n) is 41.0.